The summed E-state index contributed by atoms with van der Waals surface area (Å²) in [5, 5.41) is 243. The van der Waals surface area contributed by atoms with Crippen molar-refractivity contribution in [1.82, 2.24) is 0 Å². The number of hydrogen-bond donors (Lipinski definition) is 23. The predicted octanol–water partition coefficient (Wildman–Crippen LogP) is -16.3. The smallest absolute Gasteiger partial charge is 0.187 e. The van der Waals surface area contributed by atoms with Crippen LogP contribution in [0.2, 0.25) is 0 Å². The van der Waals surface area contributed by atoms with Crippen molar-refractivity contribution in [3.8, 4) is 0 Å². The lowest BCUT2D eigenvalue weighted by Gasteiger charge is -2.50. The zero-order chi connectivity index (χ0) is 57.3. The molecule has 0 bridgehead atoms. The maximum atomic E-state index is 11.3. The second kappa shape index (κ2) is 27.5. The minimum Gasteiger partial charge on any atom is -0.394 e. The molecule has 456 valence electrons. The van der Waals surface area contributed by atoms with Gasteiger partial charge in [-0.15, -0.1) is 0 Å². The molecule has 0 amide bonds. The Kier molecular flexibility index (Phi) is 22.6. The van der Waals surface area contributed by atoms with E-state index in [0.717, 1.165) is 0 Å². The molecule has 7 aliphatic rings. The van der Waals surface area contributed by atoms with Crippen LogP contribution in [0.4, 0.5) is 0 Å². The maximum absolute atomic E-state index is 11.3. The third-order valence-electron chi connectivity index (χ3n) is 14.5. The van der Waals surface area contributed by atoms with Gasteiger partial charge in [0.1, 0.15) is 171 Å². The summed E-state index contributed by atoms with van der Waals surface area (Å²) in [4.78, 5) is 0. The molecule has 23 N–H and O–H groups in total. The van der Waals surface area contributed by atoms with Gasteiger partial charge < -0.3 is 179 Å². The van der Waals surface area contributed by atoms with Crippen molar-refractivity contribution in [2.75, 3.05) is 46.2 Å². The van der Waals surface area contributed by atoms with Gasteiger partial charge in [0.05, 0.1) is 46.2 Å². The minimum atomic E-state index is -2.23. The van der Waals surface area contributed by atoms with Gasteiger partial charge in [-0.1, -0.05) is 0 Å². The van der Waals surface area contributed by atoms with Crippen molar-refractivity contribution in [3.05, 3.63) is 0 Å². The zero-order valence-corrected chi connectivity index (χ0v) is 40.8. The highest BCUT2D eigenvalue weighted by Gasteiger charge is 2.58. The molecule has 36 heteroatoms. The molecular formula is C42H72O36. The lowest BCUT2D eigenvalue weighted by Crippen LogP contribution is -2.68. The molecule has 0 spiro atoms. The molecule has 0 unspecified atom stereocenters. The number of aliphatic hydroxyl groups is 23. The van der Waals surface area contributed by atoms with Crippen LogP contribution in [-0.4, -0.2) is 379 Å². The van der Waals surface area contributed by atoms with E-state index in [4.69, 9.17) is 61.6 Å². The summed E-state index contributed by atoms with van der Waals surface area (Å²) >= 11 is 0. The Morgan fingerprint density at radius 2 is 0.372 bits per heavy atom. The highest BCUT2D eigenvalue weighted by Crippen LogP contribution is 2.37. The number of ether oxygens (including phenoxy) is 13. The van der Waals surface area contributed by atoms with Crippen LogP contribution in [0, 0.1) is 0 Å². The fraction of sp³-hybridized carbons (Fsp3) is 1.00. The lowest BCUT2D eigenvalue weighted by atomic mass is 9.95. The third-order valence-corrected chi connectivity index (χ3v) is 14.5. The van der Waals surface area contributed by atoms with Crippen LogP contribution in [0.5, 0.6) is 0 Å². The fourth-order valence-electron chi connectivity index (χ4n) is 10.0. The average molecular weight is 1150 g/mol. The molecule has 7 saturated heterocycles. The Bertz CT molecular complexity index is 1810. The predicted molar refractivity (Wildman–Crippen MR) is 232 cm³/mol. The van der Waals surface area contributed by atoms with Crippen molar-refractivity contribution in [2.24, 2.45) is 0 Å². The Labute approximate surface area is 439 Å². The number of rotatable bonds is 19. The van der Waals surface area contributed by atoms with Crippen LogP contribution in [-0.2, 0) is 61.6 Å². The summed E-state index contributed by atoms with van der Waals surface area (Å²) in [6, 6.07) is 0. The molecule has 7 heterocycles. The molecule has 7 rings (SSSR count). The van der Waals surface area contributed by atoms with E-state index in [1.54, 1.807) is 0 Å². The van der Waals surface area contributed by atoms with Gasteiger partial charge in [-0.25, -0.2) is 0 Å². The zero-order valence-electron chi connectivity index (χ0n) is 40.8. The molecule has 0 aromatic carbocycles. The van der Waals surface area contributed by atoms with Gasteiger partial charge in [-0.2, -0.15) is 0 Å². The molecule has 0 aromatic rings. The van der Waals surface area contributed by atoms with E-state index < -0.39 is 261 Å². The molecule has 35 atom stereocenters. The SMILES string of the molecule is OC[C@H]1O[C@@H](O[C@@H]2[C@H](O)[C@@H](O)[C@H](O[C@@H]3[C@H](O)[C@@H](O)[C@H](O[C@@H]4[C@H](O)[C@@H](O)[C@H](O[C@@H]5[C@H](O)[C@@H](O)[C@H](O[C@@H]6[C@H](O)[C@@H](O)[C@H](O[C@@H]7[C@H](O)[C@@H](O)[C@H](O)O[C@@H]7CO)O[C@@H]6CO)O[C@@H]5CO)O[C@@H]4CO)O[C@@H]3CO)O[C@@H]2CO)[C@H](O)[C@@H](O)[C@H]1O. The van der Waals surface area contributed by atoms with Crippen LogP contribution < -0.4 is 0 Å². The molecule has 0 saturated carbocycles. The Balaban J connectivity index is 0.947. The summed E-state index contributed by atoms with van der Waals surface area (Å²) < 4.78 is 71.9. The summed E-state index contributed by atoms with van der Waals surface area (Å²) in [6.45, 7) is -6.86. The van der Waals surface area contributed by atoms with Crippen molar-refractivity contribution in [1.29, 1.82) is 0 Å². The van der Waals surface area contributed by atoms with Crippen LogP contribution in [0.1, 0.15) is 0 Å². The quantitative estimate of drug-likeness (QED) is 0.0571. The van der Waals surface area contributed by atoms with Gasteiger partial charge >= 0.3 is 0 Å². The third kappa shape index (κ3) is 12.9. The molecule has 7 aliphatic heterocycles. The van der Waals surface area contributed by atoms with Crippen molar-refractivity contribution >= 4 is 0 Å². The molecule has 78 heavy (non-hydrogen) atoms. The van der Waals surface area contributed by atoms with Crippen molar-refractivity contribution in [2.45, 2.75) is 215 Å². The Morgan fingerprint density at radius 1 is 0.192 bits per heavy atom. The highest BCUT2D eigenvalue weighted by atomic mass is 16.8. The maximum Gasteiger partial charge on any atom is 0.187 e. The van der Waals surface area contributed by atoms with Gasteiger partial charge in [-0.3, -0.25) is 0 Å². The van der Waals surface area contributed by atoms with Gasteiger partial charge in [-0.05, 0) is 0 Å². The van der Waals surface area contributed by atoms with E-state index in [1.807, 2.05) is 0 Å². The van der Waals surface area contributed by atoms with Gasteiger partial charge in [0, 0.05) is 0 Å². The summed E-state index contributed by atoms with van der Waals surface area (Å²) in [6.07, 6.45) is -67.4. The van der Waals surface area contributed by atoms with E-state index in [0.29, 0.717) is 0 Å². The molecule has 36 nitrogen and oxygen atoms in total. The first-order valence-electron chi connectivity index (χ1n) is 24.7. The minimum absolute atomic E-state index is 0.843. The largest absolute Gasteiger partial charge is 0.394 e. The molecular weight excluding hydrogens is 1080 g/mol. The van der Waals surface area contributed by atoms with Gasteiger partial charge in [0.25, 0.3) is 0 Å². The molecule has 0 aromatic heterocycles. The monoisotopic (exact) mass is 1150 g/mol. The van der Waals surface area contributed by atoms with E-state index in [-0.39, 0.29) is 0 Å². The normalized spacial score (nSPS) is 53.5. The van der Waals surface area contributed by atoms with Gasteiger partial charge in [0.15, 0.2) is 44.0 Å². The Morgan fingerprint density at radius 3 is 0.590 bits per heavy atom. The number of aliphatic hydroxyl groups excluding tert-OH is 23. The lowest BCUT2D eigenvalue weighted by molar-refractivity contribution is -0.398. The van der Waals surface area contributed by atoms with E-state index in [1.165, 1.54) is 0 Å². The van der Waals surface area contributed by atoms with Crippen LogP contribution in [0.25, 0.3) is 0 Å². The molecule has 7 fully saturated rings. The Hall–Kier alpha value is -1.44. The van der Waals surface area contributed by atoms with Crippen molar-refractivity contribution < 1.29 is 179 Å². The first kappa shape index (κ1) is 64.1. The van der Waals surface area contributed by atoms with Gasteiger partial charge in [0.2, 0.25) is 0 Å². The second-order valence-electron chi connectivity index (χ2n) is 19.6. The molecule has 0 radical (unpaired) electrons. The average Bonchev–Trinajstić information content (AvgIpc) is 3.44. The van der Waals surface area contributed by atoms with E-state index >= 15 is 0 Å². The summed E-state index contributed by atoms with van der Waals surface area (Å²) in [5.74, 6) is 0. The van der Waals surface area contributed by atoms with Crippen LogP contribution >= 0.6 is 0 Å². The summed E-state index contributed by atoms with van der Waals surface area (Å²) in [5.41, 5.74) is 0. The first-order valence-corrected chi connectivity index (χ1v) is 24.7. The summed E-state index contributed by atoms with van der Waals surface area (Å²) in [7, 11) is 0. The first-order chi connectivity index (χ1) is 37.0. The van der Waals surface area contributed by atoms with Crippen LogP contribution in [0.15, 0.2) is 0 Å². The van der Waals surface area contributed by atoms with E-state index in [2.05, 4.69) is 0 Å². The fourth-order valence-corrected chi connectivity index (χ4v) is 10.0. The highest BCUT2D eigenvalue weighted by molar-refractivity contribution is 5.01. The van der Waals surface area contributed by atoms with Crippen LogP contribution in [0.3, 0.4) is 0 Å². The molecule has 0 aliphatic carbocycles. The second-order valence-corrected chi connectivity index (χ2v) is 19.6. The van der Waals surface area contributed by atoms with E-state index in [9.17, 15) is 117 Å². The topological polar surface area (TPSA) is 585 Å². The van der Waals surface area contributed by atoms with Crippen molar-refractivity contribution in [3.63, 3.8) is 0 Å². The standard InChI is InChI=1S/C42H72O36/c43-1-8-15(50)16(51)24(59)37(67-8)74-31-10(3-45)69-39(26(61)18(31)53)76-33-12(5-47)71-41(28(63)20(33)55)78-35-14(7-49)72-42(29(64)22(35)57)77-34-13(6-48)70-40(27(62)21(34)56)75-32-11(4-46)68-38(25(60)19(32)54)73-30-9(2-44)66-36(65)23(58)17(30)52/h8-65H,1-7H2/t8-,9-,10-,11-,12-,13-,14-,15+,16+,17-,18-,19-,20-,21-,22-,23-,24-,25-,26-,27-,28-,29-,30+,31+,32+,33+,34+,35+,36-,37+,38+,39+,40+,41+,42+/m1/s1. The number of hydrogen-bond acceptors (Lipinski definition) is 36.